The first-order chi connectivity index (χ1) is 12.7. The monoisotopic (exact) mass is 367 g/mol. The first-order valence-electron chi connectivity index (χ1n) is 8.21. The smallest absolute Gasteiger partial charge is 0.239 e. The average Bonchev–Trinajstić information content (AvgIpc) is 2.68. The Morgan fingerprint density at radius 1 is 1.04 bits per heavy atom. The van der Waals surface area contributed by atoms with Crippen LogP contribution < -0.4 is 10.6 Å². The highest BCUT2D eigenvalue weighted by atomic mass is 35.5. The Bertz CT molecular complexity index is 884. The van der Waals surface area contributed by atoms with Gasteiger partial charge in [-0.15, -0.1) is 0 Å². The van der Waals surface area contributed by atoms with Crippen LogP contribution in [0.15, 0.2) is 55.0 Å². The topological polar surface area (TPSA) is 79.8 Å². The Morgan fingerprint density at radius 3 is 2.46 bits per heavy atom. The first-order valence-corrected chi connectivity index (χ1v) is 8.59. The number of halogens is 1. The van der Waals surface area contributed by atoms with E-state index in [9.17, 15) is 4.79 Å². The van der Waals surface area contributed by atoms with Crippen LogP contribution in [0.3, 0.4) is 0 Å². The highest BCUT2D eigenvalue weighted by Crippen LogP contribution is 2.29. The molecule has 2 heterocycles. The number of benzene rings is 1. The minimum absolute atomic E-state index is 0.0960. The van der Waals surface area contributed by atoms with E-state index in [1.165, 1.54) is 0 Å². The zero-order valence-electron chi connectivity index (χ0n) is 14.2. The van der Waals surface area contributed by atoms with Gasteiger partial charge in [-0.3, -0.25) is 4.79 Å². The van der Waals surface area contributed by atoms with E-state index in [1.54, 1.807) is 24.7 Å². The van der Waals surface area contributed by atoms with E-state index in [-0.39, 0.29) is 12.5 Å². The van der Waals surface area contributed by atoms with Crippen molar-refractivity contribution in [3.05, 3.63) is 60.0 Å². The summed E-state index contributed by atoms with van der Waals surface area (Å²) in [5.41, 5.74) is 2.47. The maximum atomic E-state index is 11.6. The first kappa shape index (κ1) is 17.8. The summed E-state index contributed by atoms with van der Waals surface area (Å²) in [6.45, 7) is 2.60. The van der Waals surface area contributed by atoms with Crippen LogP contribution in [0.4, 0.5) is 5.82 Å². The molecule has 6 nitrogen and oxygen atoms in total. The minimum Gasteiger partial charge on any atom is -0.361 e. The van der Waals surface area contributed by atoms with E-state index in [0.717, 1.165) is 16.7 Å². The number of nitrogens with zero attached hydrogens (tertiary/aromatic N) is 3. The molecule has 0 aliphatic heterocycles. The van der Waals surface area contributed by atoms with Crippen molar-refractivity contribution in [3.8, 4) is 22.5 Å². The van der Waals surface area contributed by atoms with E-state index in [2.05, 4.69) is 25.6 Å². The molecule has 132 valence electrons. The Labute approximate surface area is 156 Å². The molecule has 0 atom stereocenters. The average molecular weight is 368 g/mol. The second-order valence-electron chi connectivity index (χ2n) is 5.52. The molecule has 3 rings (SSSR count). The van der Waals surface area contributed by atoms with Gasteiger partial charge in [0, 0.05) is 41.8 Å². The molecule has 0 saturated carbocycles. The zero-order chi connectivity index (χ0) is 18.4. The van der Waals surface area contributed by atoms with Gasteiger partial charge in [0.15, 0.2) is 5.82 Å². The van der Waals surface area contributed by atoms with Gasteiger partial charge < -0.3 is 10.6 Å². The number of anilines is 1. The number of rotatable bonds is 6. The van der Waals surface area contributed by atoms with Gasteiger partial charge in [-0.05, 0) is 13.0 Å². The molecule has 3 aromatic rings. The lowest BCUT2D eigenvalue weighted by Gasteiger charge is -2.09. The highest BCUT2D eigenvalue weighted by molar-refractivity contribution is 6.33. The number of carbonyl (C=O) groups excluding carboxylic acids is 1. The van der Waals surface area contributed by atoms with Gasteiger partial charge in [-0.25, -0.2) is 15.0 Å². The summed E-state index contributed by atoms with van der Waals surface area (Å²) in [6, 6.07) is 11.5. The third-order valence-electron chi connectivity index (χ3n) is 3.65. The summed E-state index contributed by atoms with van der Waals surface area (Å²) in [5, 5.41) is 6.19. The fraction of sp³-hybridized carbons (Fsp3) is 0.158. The highest BCUT2D eigenvalue weighted by Gasteiger charge is 2.09. The molecule has 0 fully saturated rings. The fourth-order valence-electron chi connectivity index (χ4n) is 2.39. The molecule has 0 radical (unpaired) electrons. The van der Waals surface area contributed by atoms with E-state index in [0.29, 0.717) is 23.2 Å². The Morgan fingerprint density at radius 2 is 1.77 bits per heavy atom. The number of pyridine rings is 1. The summed E-state index contributed by atoms with van der Waals surface area (Å²) in [4.78, 5) is 24.6. The minimum atomic E-state index is -0.0960. The van der Waals surface area contributed by atoms with Crippen molar-refractivity contribution in [2.75, 3.05) is 18.4 Å². The van der Waals surface area contributed by atoms with Crippen LogP contribution in [0.25, 0.3) is 22.5 Å². The van der Waals surface area contributed by atoms with Crippen molar-refractivity contribution in [3.63, 3.8) is 0 Å². The standard InChI is InChI=1S/C19H18ClN5O/c1-2-21-18(26)12-23-17-8-15(16(20)11-22-17)14-9-24-19(25-10-14)13-6-4-3-5-7-13/h3-11H,2,12H2,1H3,(H,21,26)(H,22,23). The van der Waals surface area contributed by atoms with Crippen LogP contribution in [0.1, 0.15) is 6.92 Å². The molecule has 2 N–H and O–H groups in total. The van der Waals surface area contributed by atoms with Crippen LogP contribution >= 0.6 is 11.6 Å². The van der Waals surface area contributed by atoms with E-state index in [4.69, 9.17) is 11.6 Å². The molecule has 1 aromatic carbocycles. The third-order valence-corrected chi connectivity index (χ3v) is 3.96. The van der Waals surface area contributed by atoms with Gasteiger partial charge in [0.2, 0.25) is 5.91 Å². The zero-order valence-corrected chi connectivity index (χ0v) is 15.0. The van der Waals surface area contributed by atoms with Crippen LogP contribution in [0.5, 0.6) is 0 Å². The number of amides is 1. The van der Waals surface area contributed by atoms with Gasteiger partial charge in [0.05, 0.1) is 11.6 Å². The number of carbonyl (C=O) groups is 1. The number of hydrogen-bond acceptors (Lipinski definition) is 5. The molecule has 0 aliphatic carbocycles. The number of nitrogens with one attached hydrogen (secondary N) is 2. The van der Waals surface area contributed by atoms with Crippen LogP contribution in [-0.4, -0.2) is 33.9 Å². The largest absolute Gasteiger partial charge is 0.361 e. The Hall–Kier alpha value is -2.99. The quantitative estimate of drug-likeness (QED) is 0.698. The van der Waals surface area contributed by atoms with Crippen LogP contribution in [-0.2, 0) is 4.79 Å². The molecule has 0 saturated heterocycles. The van der Waals surface area contributed by atoms with Gasteiger partial charge >= 0.3 is 0 Å². The molecule has 0 unspecified atom stereocenters. The summed E-state index contributed by atoms with van der Waals surface area (Å²) < 4.78 is 0. The lowest BCUT2D eigenvalue weighted by atomic mass is 10.1. The van der Waals surface area contributed by atoms with E-state index >= 15 is 0 Å². The maximum absolute atomic E-state index is 11.6. The van der Waals surface area contributed by atoms with Gasteiger partial charge in [0.1, 0.15) is 5.82 Å². The van der Waals surface area contributed by atoms with Crippen molar-refractivity contribution in [1.29, 1.82) is 0 Å². The molecule has 26 heavy (non-hydrogen) atoms. The van der Waals surface area contributed by atoms with Crippen molar-refractivity contribution < 1.29 is 4.79 Å². The van der Waals surface area contributed by atoms with E-state index in [1.807, 2.05) is 37.3 Å². The third kappa shape index (κ3) is 4.34. The lowest BCUT2D eigenvalue weighted by Crippen LogP contribution is -2.29. The van der Waals surface area contributed by atoms with Gasteiger partial charge in [-0.2, -0.15) is 0 Å². The van der Waals surface area contributed by atoms with E-state index < -0.39 is 0 Å². The number of aromatic nitrogens is 3. The van der Waals surface area contributed by atoms with Crippen molar-refractivity contribution >= 4 is 23.3 Å². The normalized spacial score (nSPS) is 10.4. The predicted octanol–water partition coefficient (Wildman–Crippen LogP) is 3.41. The van der Waals surface area contributed by atoms with Gasteiger partial charge in [-0.1, -0.05) is 41.9 Å². The summed E-state index contributed by atoms with van der Waals surface area (Å²) in [6.07, 6.45) is 5.00. The Balaban J connectivity index is 1.80. The number of hydrogen-bond donors (Lipinski definition) is 2. The molecule has 7 heteroatoms. The molecule has 0 bridgehead atoms. The lowest BCUT2D eigenvalue weighted by molar-refractivity contribution is -0.119. The second-order valence-corrected chi connectivity index (χ2v) is 5.93. The van der Waals surface area contributed by atoms with Gasteiger partial charge in [0.25, 0.3) is 0 Å². The summed E-state index contributed by atoms with van der Waals surface area (Å²) >= 11 is 6.27. The predicted molar refractivity (Wildman–Crippen MR) is 103 cm³/mol. The number of likely N-dealkylation sites (N-methyl/N-ethyl adjacent to an activating group) is 1. The second kappa shape index (κ2) is 8.40. The fourth-order valence-corrected chi connectivity index (χ4v) is 2.60. The van der Waals surface area contributed by atoms with Crippen molar-refractivity contribution in [2.24, 2.45) is 0 Å². The van der Waals surface area contributed by atoms with Crippen LogP contribution in [0.2, 0.25) is 5.02 Å². The van der Waals surface area contributed by atoms with Crippen molar-refractivity contribution in [2.45, 2.75) is 6.92 Å². The SMILES string of the molecule is CCNC(=O)CNc1cc(-c2cnc(-c3ccccc3)nc2)c(Cl)cn1. The summed E-state index contributed by atoms with van der Waals surface area (Å²) in [5.74, 6) is 1.11. The summed E-state index contributed by atoms with van der Waals surface area (Å²) in [7, 11) is 0. The molecule has 1 amide bonds. The molecule has 2 aromatic heterocycles. The molecular formula is C19H18ClN5O. The molecule has 0 aliphatic rings. The molecular weight excluding hydrogens is 350 g/mol. The molecule has 0 spiro atoms. The maximum Gasteiger partial charge on any atom is 0.239 e. The Kier molecular flexibility index (Phi) is 5.76. The van der Waals surface area contributed by atoms with Crippen molar-refractivity contribution in [1.82, 2.24) is 20.3 Å². The van der Waals surface area contributed by atoms with Crippen LogP contribution in [0, 0.1) is 0 Å².